The van der Waals surface area contributed by atoms with E-state index in [1.165, 1.54) is 19.4 Å². The first-order chi connectivity index (χ1) is 17.0. The summed E-state index contributed by atoms with van der Waals surface area (Å²) in [5.41, 5.74) is 1.62. The van der Waals surface area contributed by atoms with E-state index in [1.54, 1.807) is 17.0 Å². The molecule has 1 N–H and O–H groups in total. The molecule has 0 radical (unpaired) electrons. The number of likely N-dealkylation sites (tertiary alicyclic amines) is 1. The normalized spacial score (nSPS) is 15.4. The first-order valence-electron chi connectivity index (χ1n) is 10.9. The third kappa shape index (κ3) is 3.61. The van der Waals surface area contributed by atoms with E-state index in [9.17, 15) is 4.79 Å². The topological polar surface area (TPSA) is 100 Å². The van der Waals surface area contributed by atoms with Crippen LogP contribution in [0.3, 0.4) is 0 Å². The van der Waals surface area contributed by atoms with Crippen LogP contribution in [0.1, 0.15) is 12.0 Å². The second-order valence-corrected chi connectivity index (χ2v) is 8.20. The summed E-state index contributed by atoms with van der Waals surface area (Å²) in [6, 6.07) is 5.37. The molecule has 3 aromatic heterocycles. The molecule has 1 amide bonds. The molecule has 1 aliphatic heterocycles. The van der Waals surface area contributed by atoms with Crippen LogP contribution in [-0.2, 0) is 4.79 Å². The molecule has 0 saturated carbocycles. The van der Waals surface area contributed by atoms with Crippen LogP contribution in [0.5, 0.6) is 6.01 Å². The van der Waals surface area contributed by atoms with Gasteiger partial charge in [-0.05, 0) is 24.6 Å². The number of methoxy groups -OCH3 is 1. The van der Waals surface area contributed by atoms with E-state index in [-0.39, 0.29) is 29.2 Å². The zero-order chi connectivity index (χ0) is 24.7. The maximum absolute atomic E-state index is 16.0. The smallest absolute Gasteiger partial charge is 0.318 e. The number of ether oxygens (including phenoxy) is 1. The number of benzene rings is 1. The van der Waals surface area contributed by atoms with E-state index in [0.717, 1.165) is 6.42 Å². The number of H-pyrrole nitrogens is 1. The van der Waals surface area contributed by atoms with Gasteiger partial charge in [-0.3, -0.25) is 14.9 Å². The lowest BCUT2D eigenvalue weighted by Crippen LogP contribution is -2.36. The van der Waals surface area contributed by atoms with Crippen molar-refractivity contribution in [3.63, 3.8) is 0 Å². The number of nitrogens with one attached hydrogen (secondary N) is 1. The van der Waals surface area contributed by atoms with Gasteiger partial charge in [0.2, 0.25) is 5.91 Å². The first-order valence-corrected chi connectivity index (χ1v) is 10.9. The number of carbonyl (C=O) groups is 1. The standard InChI is InChI=1S/C25H22FN7O2/c1-5-14-8-7-9-17-19(14)22(31-30-17)23-20(26)21-16(12-27-23)24(29-25(28-21)35-4)32(3)15-10-11-33(13-15)18(34)6-2/h1,6-9,12,15H,2,10-11,13H2,3-4H3,(H,30,31). The lowest BCUT2D eigenvalue weighted by Gasteiger charge is -2.27. The Labute approximate surface area is 200 Å². The second kappa shape index (κ2) is 8.68. The Bertz CT molecular complexity index is 1520. The van der Waals surface area contributed by atoms with E-state index >= 15 is 4.39 Å². The van der Waals surface area contributed by atoms with Crippen LogP contribution in [0.4, 0.5) is 10.2 Å². The summed E-state index contributed by atoms with van der Waals surface area (Å²) in [5.74, 6) is 2.29. The molecular formula is C25H22FN7O2. The van der Waals surface area contributed by atoms with E-state index in [1.807, 2.05) is 18.0 Å². The third-order valence-electron chi connectivity index (χ3n) is 6.33. The molecule has 4 aromatic rings. The van der Waals surface area contributed by atoms with Gasteiger partial charge >= 0.3 is 6.01 Å². The van der Waals surface area contributed by atoms with Gasteiger partial charge < -0.3 is 14.5 Å². The Morgan fingerprint density at radius 3 is 2.97 bits per heavy atom. The van der Waals surface area contributed by atoms with Gasteiger partial charge in [0.05, 0.1) is 18.0 Å². The van der Waals surface area contributed by atoms with Gasteiger partial charge in [-0.1, -0.05) is 18.6 Å². The number of anilines is 1. The van der Waals surface area contributed by atoms with Crippen LogP contribution in [-0.4, -0.2) is 69.2 Å². The number of likely N-dealkylation sites (N-methyl/N-ethyl adjacent to an activating group) is 1. The molecule has 5 rings (SSSR count). The molecule has 35 heavy (non-hydrogen) atoms. The summed E-state index contributed by atoms with van der Waals surface area (Å²) < 4.78 is 21.2. The number of halogens is 1. The molecule has 10 heteroatoms. The van der Waals surface area contributed by atoms with Gasteiger partial charge in [-0.15, -0.1) is 6.42 Å². The zero-order valence-corrected chi connectivity index (χ0v) is 19.2. The number of terminal acetylenes is 1. The van der Waals surface area contributed by atoms with Crippen molar-refractivity contribution in [3.05, 3.63) is 48.4 Å². The SMILES string of the molecule is C#Cc1cccc2[nH]nc(-c3ncc4c(N(C)C5CCN(C(=O)C=C)C5)nc(OC)nc4c3F)c12. The molecule has 4 heterocycles. The average molecular weight is 471 g/mol. The van der Waals surface area contributed by atoms with Crippen LogP contribution >= 0.6 is 0 Å². The van der Waals surface area contributed by atoms with Crippen LogP contribution < -0.4 is 9.64 Å². The van der Waals surface area contributed by atoms with Crippen molar-refractivity contribution >= 4 is 33.5 Å². The maximum atomic E-state index is 16.0. The quantitative estimate of drug-likeness (QED) is 0.353. The van der Waals surface area contributed by atoms with Crippen molar-refractivity contribution in [2.45, 2.75) is 12.5 Å². The van der Waals surface area contributed by atoms with Gasteiger partial charge in [0, 0.05) is 43.3 Å². The fourth-order valence-corrected chi connectivity index (χ4v) is 4.47. The summed E-state index contributed by atoms with van der Waals surface area (Å²) in [6.07, 6.45) is 9.22. The van der Waals surface area contributed by atoms with Crippen molar-refractivity contribution in [2.24, 2.45) is 0 Å². The fourth-order valence-electron chi connectivity index (χ4n) is 4.47. The predicted octanol–water partition coefficient (Wildman–Crippen LogP) is 2.92. The zero-order valence-electron chi connectivity index (χ0n) is 19.2. The Kier molecular flexibility index (Phi) is 5.53. The van der Waals surface area contributed by atoms with Crippen molar-refractivity contribution in [3.8, 4) is 29.7 Å². The molecule has 176 valence electrons. The first kappa shape index (κ1) is 22.3. The largest absolute Gasteiger partial charge is 0.467 e. The number of hydrogen-bond donors (Lipinski definition) is 1. The third-order valence-corrected chi connectivity index (χ3v) is 6.33. The summed E-state index contributed by atoms with van der Waals surface area (Å²) >= 11 is 0. The molecule has 1 aliphatic rings. The minimum absolute atomic E-state index is 0.0172. The molecule has 1 unspecified atom stereocenters. The molecule has 1 atom stereocenters. The van der Waals surface area contributed by atoms with E-state index < -0.39 is 5.82 Å². The lowest BCUT2D eigenvalue weighted by molar-refractivity contribution is -0.125. The number of nitrogens with zero attached hydrogens (tertiary/aromatic N) is 6. The predicted molar refractivity (Wildman–Crippen MR) is 130 cm³/mol. The number of carbonyl (C=O) groups excluding carboxylic acids is 1. The molecule has 1 aromatic carbocycles. The summed E-state index contributed by atoms with van der Waals surface area (Å²) in [4.78, 5) is 28.8. The van der Waals surface area contributed by atoms with Crippen molar-refractivity contribution in [1.82, 2.24) is 30.0 Å². The average Bonchev–Trinajstić information content (AvgIpc) is 3.55. The van der Waals surface area contributed by atoms with Crippen molar-refractivity contribution in [1.29, 1.82) is 0 Å². The minimum Gasteiger partial charge on any atom is -0.467 e. The van der Waals surface area contributed by atoms with E-state index in [2.05, 4.69) is 37.6 Å². The Balaban J connectivity index is 1.63. The highest BCUT2D eigenvalue weighted by molar-refractivity contribution is 5.99. The van der Waals surface area contributed by atoms with Crippen molar-refractivity contribution in [2.75, 3.05) is 32.1 Å². The highest BCUT2D eigenvalue weighted by Gasteiger charge is 2.30. The Morgan fingerprint density at radius 1 is 1.40 bits per heavy atom. The lowest BCUT2D eigenvalue weighted by atomic mass is 10.1. The van der Waals surface area contributed by atoms with Crippen LogP contribution in [0, 0.1) is 18.2 Å². The molecule has 1 fully saturated rings. The maximum Gasteiger partial charge on any atom is 0.318 e. The molecule has 1 saturated heterocycles. The Morgan fingerprint density at radius 2 is 2.23 bits per heavy atom. The molecule has 9 nitrogen and oxygen atoms in total. The van der Waals surface area contributed by atoms with Crippen LogP contribution in [0.2, 0.25) is 0 Å². The number of aromatic amines is 1. The number of aromatic nitrogens is 5. The molecule has 0 bridgehead atoms. The fraction of sp³-hybridized carbons (Fsp3) is 0.240. The number of hydrogen-bond acceptors (Lipinski definition) is 7. The highest BCUT2D eigenvalue weighted by atomic mass is 19.1. The van der Waals surface area contributed by atoms with Crippen LogP contribution in [0.15, 0.2) is 37.1 Å². The van der Waals surface area contributed by atoms with Crippen LogP contribution in [0.25, 0.3) is 33.2 Å². The van der Waals surface area contributed by atoms with Gasteiger partial charge in [0.15, 0.2) is 5.82 Å². The second-order valence-electron chi connectivity index (χ2n) is 8.20. The number of pyridine rings is 1. The van der Waals surface area contributed by atoms with Crippen molar-refractivity contribution < 1.29 is 13.9 Å². The van der Waals surface area contributed by atoms with Gasteiger partial charge in [0.1, 0.15) is 22.7 Å². The summed E-state index contributed by atoms with van der Waals surface area (Å²) in [6.45, 7) is 4.65. The Hall–Kier alpha value is -4.52. The van der Waals surface area contributed by atoms with Gasteiger partial charge in [0.25, 0.3) is 0 Å². The highest BCUT2D eigenvalue weighted by Crippen LogP contribution is 2.35. The number of rotatable bonds is 5. The van der Waals surface area contributed by atoms with Gasteiger partial charge in [-0.2, -0.15) is 15.1 Å². The minimum atomic E-state index is -0.659. The number of amides is 1. The van der Waals surface area contributed by atoms with E-state index in [0.29, 0.717) is 46.5 Å². The number of fused-ring (bicyclic) bond motifs is 2. The molecule has 0 spiro atoms. The molecular weight excluding hydrogens is 449 g/mol. The van der Waals surface area contributed by atoms with Gasteiger partial charge in [-0.25, -0.2) is 4.39 Å². The summed E-state index contributed by atoms with van der Waals surface area (Å²) in [7, 11) is 3.27. The monoisotopic (exact) mass is 471 g/mol. The summed E-state index contributed by atoms with van der Waals surface area (Å²) in [5, 5.41) is 8.20. The van der Waals surface area contributed by atoms with E-state index in [4.69, 9.17) is 11.2 Å². The molecule has 0 aliphatic carbocycles.